The molecule has 0 fully saturated rings. The highest BCUT2D eigenvalue weighted by atomic mass is 35.5. The van der Waals surface area contributed by atoms with E-state index < -0.39 is 30.4 Å². The second kappa shape index (κ2) is 11.0. The number of rotatable bonds is 8. The Labute approximate surface area is 174 Å². The molecule has 0 aliphatic heterocycles. The summed E-state index contributed by atoms with van der Waals surface area (Å²) in [6.45, 7) is 2.85. The third-order valence-electron chi connectivity index (χ3n) is 4.01. The minimum Gasteiger partial charge on any atom is -0.454 e. The van der Waals surface area contributed by atoms with E-state index in [1.807, 2.05) is 36.4 Å². The smallest absolute Gasteiger partial charge is 0.328 e. The predicted octanol–water partition coefficient (Wildman–Crippen LogP) is 3.28. The average molecular weight is 415 g/mol. The topological polar surface area (TPSA) is 84.5 Å². The van der Waals surface area contributed by atoms with Crippen LogP contribution in [0.15, 0.2) is 60.7 Å². The van der Waals surface area contributed by atoms with Gasteiger partial charge >= 0.3 is 5.97 Å². The summed E-state index contributed by atoms with van der Waals surface area (Å²) in [4.78, 5) is 35.9. The van der Waals surface area contributed by atoms with Crippen molar-refractivity contribution in [2.45, 2.75) is 25.9 Å². The molecule has 0 unspecified atom stereocenters. The van der Waals surface area contributed by atoms with E-state index in [1.165, 1.54) is 13.0 Å². The van der Waals surface area contributed by atoms with Gasteiger partial charge in [0.15, 0.2) is 6.61 Å². The molecule has 2 amide bonds. The third kappa shape index (κ3) is 7.79. The van der Waals surface area contributed by atoms with E-state index in [0.717, 1.165) is 11.1 Å². The Morgan fingerprint density at radius 3 is 2.45 bits per heavy atom. The Kier molecular flexibility index (Phi) is 8.43. The zero-order valence-electron chi connectivity index (χ0n) is 16.2. The zero-order chi connectivity index (χ0) is 21.2. The lowest BCUT2D eigenvalue weighted by molar-refractivity contribution is -0.151. The van der Waals surface area contributed by atoms with E-state index >= 15 is 0 Å². The monoisotopic (exact) mass is 414 g/mol. The van der Waals surface area contributed by atoms with Gasteiger partial charge in [0.25, 0.3) is 5.91 Å². The highest BCUT2D eigenvalue weighted by molar-refractivity contribution is 6.30. The number of benzene rings is 2. The molecule has 2 aromatic rings. The van der Waals surface area contributed by atoms with Gasteiger partial charge in [-0.2, -0.15) is 0 Å². The Balaban J connectivity index is 1.75. The van der Waals surface area contributed by atoms with Crippen molar-refractivity contribution in [2.75, 3.05) is 6.61 Å². The number of halogens is 1. The minimum atomic E-state index is -0.888. The van der Waals surface area contributed by atoms with Crippen LogP contribution in [0.5, 0.6) is 0 Å². The van der Waals surface area contributed by atoms with Crippen molar-refractivity contribution in [1.29, 1.82) is 0 Å². The minimum absolute atomic E-state index is 0.292. The van der Waals surface area contributed by atoms with Gasteiger partial charge in [0, 0.05) is 11.1 Å². The number of carbonyl (C=O) groups is 3. The Morgan fingerprint density at radius 1 is 1.03 bits per heavy atom. The molecule has 0 aromatic heterocycles. The summed E-state index contributed by atoms with van der Waals surface area (Å²) >= 11 is 5.94. The molecular formula is C22H23ClN2O4. The van der Waals surface area contributed by atoms with Gasteiger partial charge in [0.2, 0.25) is 5.91 Å². The maximum atomic E-state index is 12.0. The normalized spacial score (nSPS) is 12.8. The Hall–Kier alpha value is -3.12. The van der Waals surface area contributed by atoms with E-state index in [2.05, 4.69) is 10.6 Å². The first kappa shape index (κ1) is 22.2. The Bertz CT molecular complexity index is 883. The first-order chi connectivity index (χ1) is 13.8. The number of hydrogen-bond donors (Lipinski definition) is 2. The SMILES string of the molecule is C[C@H](NC(=O)/C=C/c1ccccc1)C(=O)OCC(=O)N[C@H](C)c1cccc(Cl)c1. The van der Waals surface area contributed by atoms with Gasteiger partial charge in [-0.1, -0.05) is 54.1 Å². The molecule has 0 saturated carbocycles. The number of carbonyl (C=O) groups excluding carboxylic acids is 3. The van der Waals surface area contributed by atoms with E-state index in [4.69, 9.17) is 16.3 Å². The molecule has 0 bridgehead atoms. The van der Waals surface area contributed by atoms with Crippen molar-refractivity contribution >= 4 is 35.5 Å². The number of nitrogens with one attached hydrogen (secondary N) is 2. The first-order valence-electron chi connectivity index (χ1n) is 9.10. The average Bonchev–Trinajstić information content (AvgIpc) is 2.71. The van der Waals surface area contributed by atoms with Crippen molar-refractivity contribution in [3.05, 3.63) is 76.8 Å². The number of hydrogen-bond acceptors (Lipinski definition) is 4. The summed E-state index contributed by atoms with van der Waals surface area (Å²) in [7, 11) is 0. The maximum absolute atomic E-state index is 12.0. The van der Waals surface area contributed by atoms with Crippen LogP contribution < -0.4 is 10.6 Å². The molecular weight excluding hydrogens is 392 g/mol. The van der Waals surface area contributed by atoms with E-state index in [1.54, 1.807) is 31.2 Å². The molecule has 0 saturated heterocycles. The van der Waals surface area contributed by atoms with E-state index in [0.29, 0.717) is 5.02 Å². The summed E-state index contributed by atoms with van der Waals surface area (Å²) in [5, 5.41) is 5.79. The highest BCUT2D eigenvalue weighted by Gasteiger charge is 2.18. The third-order valence-corrected chi connectivity index (χ3v) is 4.25. The number of ether oxygens (including phenoxy) is 1. The standard InChI is InChI=1S/C22H23ClN2O4/c1-15(18-9-6-10-19(23)13-18)24-21(27)14-29-22(28)16(2)25-20(26)12-11-17-7-4-3-5-8-17/h3-13,15-16H,14H2,1-2H3,(H,24,27)(H,25,26)/b12-11+/t15-,16+/m1/s1. The molecule has 29 heavy (non-hydrogen) atoms. The van der Waals surface area contributed by atoms with Gasteiger partial charge < -0.3 is 15.4 Å². The van der Waals surface area contributed by atoms with Gasteiger partial charge in [-0.25, -0.2) is 4.79 Å². The molecule has 0 radical (unpaired) electrons. The summed E-state index contributed by atoms with van der Waals surface area (Å²) in [6, 6.07) is 15.2. The van der Waals surface area contributed by atoms with Crippen molar-refractivity contribution in [2.24, 2.45) is 0 Å². The summed E-state index contributed by atoms with van der Waals surface area (Å²) in [5.41, 5.74) is 1.70. The van der Waals surface area contributed by atoms with Crippen LogP contribution in [0.4, 0.5) is 0 Å². The van der Waals surface area contributed by atoms with Crippen LogP contribution in [0.2, 0.25) is 5.02 Å². The largest absolute Gasteiger partial charge is 0.454 e. The van der Waals surface area contributed by atoms with Crippen LogP contribution in [-0.4, -0.2) is 30.4 Å². The maximum Gasteiger partial charge on any atom is 0.328 e. The van der Waals surface area contributed by atoms with Gasteiger partial charge in [-0.05, 0) is 43.2 Å². The van der Waals surface area contributed by atoms with Crippen molar-refractivity contribution in [1.82, 2.24) is 10.6 Å². The quantitative estimate of drug-likeness (QED) is 0.513. The number of esters is 1. The number of amides is 2. The van der Waals surface area contributed by atoms with Gasteiger partial charge in [-0.15, -0.1) is 0 Å². The summed E-state index contributed by atoms with van der Waals surface area (Å²) < 4.78 is 4.97. The predicted molar refractivity (Wildman–Crippen MR) is 112 cm³/mol. The molecule has 0 aliphatic rings. The fraction of sp³-hybridized carbons (Fsp3) is 0.227. The Morgan fingerprint density at radius 2 is 1.76 bits per heavy atom. The first-order valence-corrected chi connectivity index (χ1v) is 9.48. The molecule has 2 N–H and O–H groups in total. The zero-order valence-corrected chi connectivity index (χ0v) is 17.0. The second-order valence-electron chi connectivity index (χ2n) is 6.43. The van der Waals surface area contributed by atoms with Crippen molar-refractivity contribution in [3.63, 3.8) is 0 Å². The molecule has 2 atom stereocenters. The fourth-order valence-electron chi connectivity index (χ4n) is 2.46. The second-order valence-corrected chi connectivity index (χ2v) is 6.86. The van der Waals surface area contributed by atoms with Crippen LogP contribution in [0.25, 0.3) is 6.08 Å². The molecule has 0 aliphatic carbocycles. The van der Waals surface area contributed by atoms with Crippen molar-refractivity contribution in [3.8, 4) is 0 Å². The van der Waals surface area contributed by atoms with Crippen LogP contribution in [0, 0.1) is 0 Å². The molecule has 7 heteroatoms. The van der Waals surface area contributed by atoms with E-state index in [-0.39, 0.29) is 6.04 Å². The molecule has 152 valence electrons. The molecule has 2 aromatic carbocycles. The van der Waals surface area contributed by atoms with Crippen LogP contribution in [0.1, 0.15) is 31.0 Å². The summed E-state index contributed by atoms with van der Waals surface area (Å²) in [5.74, 6) is -1.58. The lowest BCUT2D eigenvalue weighted by atomic mass is 10.1. The van der Waals surface area contributed by atoms with Gasteiger partial charge in [-0.3, -0.25) is 9.59 Å². The van der Waals surface area contributed by atoms with Crippen molar-refractivity contribution < 1.29 is 19.1 Å². The van der Waals surface area contributed by atoms with E-state index in [9.17, 15) is 14.4 Å². The van der Waals surface area contributed by atoms with Gasteiger partial charge in [0.05, 0.1) is 6.04 Å². The van der Waals surface area contributed by atoms with Gasteiger partial charge in [0.1, 0.15) is 6.04 Å². The highest BCUT2D eigenvalue weighted by Crippen LogP contribution is 2.17. The molecule has 0 heterocycles. The lowest BCUT2D eigenvalue weighted by Gasteiger charge is -2.16. The summed E-state index contributed by atoms with van der Waals surface area (Å²) in [6.07, 6.45) is 2.97. The van der Waals surface area contributed by atoms with Crippen LogP contribution >= 0.6 is 11.6 Å². The molecule has 6 nitrogen and oxygen atoms in total. The molecule has 0 spiro atoms. The lowest BCUT2D eigenvalue weighted by Crippen LogP contribution is -2.40. The fourth-order valence-corrected chi connectivity index (χ4v) is 2.66. The molecule has 2 rings (SSSR count). The van der Waals surface area contributed by atoms with Crippen LogP contribution in [-0.2, 0) is 19.1 Å². The van der Waals surface area contributed by atoms with Crippen LogP contribution in [0.3, 0.4) is 0 Å².